The van der Waals surface area contributed by atoms with E-state index in [1.807, 2.05) is 57.3 Å². The minimum absolute atomic E-state index is 0.155. The molecule has 8 nitrogen and oxygen atoms in total. The molecule has 4 aromatic rings. The molecule has 1 amide bonds. The van der Waals surface area contributed by atoms with Crippen LogP contribution in [0.1, 0.15) is 65.3 Å². The Morgan fingerprint density at radius 3 is 2.59 bits per heavy atom. The van der Waals surface area contributed by atoms with E-state index in [1.165, 1.54) is 12.8 Å². The first-order chi connectivity index (χ1) is 18.9. The summed E-state index contributed by atoms with van der Waals surface area (Å²) < 4.78 is 7.95. The van der Waals surface area contributed by atoms with Crippen LogP contribution in [0.2, 0.25) is 0 Å². The third-order valence-electron chi connectivity index (χ3n) is 7.58. The van der Waals surface area contributed by atoms with Gasteiger partial charge in [0.15, 0.2) is 0 Å². The number of aromatic nitrogens is 3. The van der Waals surface area contributed by atoms with E-state index in [4.69, 9.17) is 9.84 Å². The Hall–Kier alpha value is -3.91. The molecule has 0 atom stereocenters. The number of benzene rings is 2. The van der Waals surface area contributed by atoms with Crippen molar-refractivity contribution in [3.05, 3.63) is 81.4 Å². The van der Waals surface area contributed by atoms with Crippen LogP contribution in [0.3, 0.4) is 0 Å². The molecule has 0 aliphatic heterocycles. The van der Waals surface area contributed by atoms with Crippen molar-refractivity contribution in [1.82, 2.24) is 25.4 Å². The third-order valence-corrected chi connectivity index (χ3v) is 7.58. The summed E-state index contributed by atoms with van der Waals surface area (Å²) in [5.74, 6) is 0.597. The molecule has 5 rings (SSSR count). The minimum Gasteiger partial charge on any atom is -0.494 e. The van der Waals surface area contributed by atoms with Crippen molar-refractivity contribution in [2.24, 2.45) is 0 Å². The molecular formula is C31H37N5O3. The van der Waals surface area contributed by atoms with Crippen molar-refractivity contribution in [3.63, 3.8) is 0 Å². The van der Waals surface area contributed by atoms with Gasteiger partial charge in [-0.25, -0.2) is 0 Å². The van der Waals surface area contributed by atoms with Gasteiger partial charge in [-0.2, -0.15) is 5.10 Å². The van der Waals surface area contributed by atoms with Gasteiger partial charge >= 0.3 is 0 Å². The number of hydrogen-bond acceptors (Lipinski definition) is 5. The fraction of sp³-hybridized carbons (Fsp3) is 0.387. The van der Waals surface area contributed by atoms with E-state index in [9.17, 15) is 9.59 Å². The zero-order valence-corrected chi connectivity index (χ0v) is 23.0. The Kier molecular flexibility index (Phi) is 8.12. The molecule has 8 heteroatoms. The average Bonchev–Trinajstić information content (AvgIpc) is 3.60. The van der Waals surface area contributed by atoms with E-state index in [0.717, 1.165) is 64.8 Å². The zero-order chi connectivity index (χ0) is 27.4. The second kappa shape index (κ2) is 11.9. The van der Waals surface area contributed by atoms with Crippen LogP contribution >= 0.6 is 0 Å². The number of aryl methyl sites for hydroxylation is 2. The van der Waals surface area contributed by atoms with Crippen LogP contribution < -0.4 is 20.9 Å². The van der Waals surface area contributed by atoms with Crippen LogP contribution in [0.5, 0.6) is 5.75 Å². The highest BCUT2D eigenvalue weighted by atomic mass is 16.5. The highest BCUT2D eigenvalue weighted by Gasteiger charge is 2.23. The predicted octanol–water partition coefficient (Wildman–Crippen LogP) is 5.04. The van der Waals surface area contributed by atoms with Gasteiger partial charge in [0.25, 0.3) is 11.5 Å². The molecule has 0 saturated heterocycles. The van der Waals surface area contributed by atoms with Gasteiger partial charge in [-0.3, -0.25) is 14.3 Å². The Morgan fingerprint density at radius 1 is 1.10 bits per heavy atom. The third kappa shape index (κ3) is 5.91. The molecule has 3 N–H and O–H groups in total. The molecule has 0 radical (unpaired) electrons. The maximum atomic E-state index is 13.6. The Bertz CT molecular complexity index is 1510. The van der Waals surface area contributed by atoms with Gasteiger partial charge in [-0.15, -0.1) is 0 Å². The van der Waals surface area contributed by atoms with Crippen molar-refractivity contribution in [3.8, 4) is 16.9 Å². The summed E-state index contributed by atoms with van der Waals surface area (Å²) in [6.45, 7) is 5.46. The number of pyridine rings is 1. The van der Waals surface area contributed by atoms with Crippen LogP contribution in [-0.4, -0.2) is 40.9 Å². The monoisotopic (exact) mass is 527 g/mol. The lowest BCUT2D eigenvalue weighted by molar-refractivity contribution is 0.0952. The number of rotatable bonds is 10. The Balaban J connectivity index is 1.46. The standard InChI is InChI=1S/C31H37N5O3/c1-20-15-21(2)35-31(38)27(20)18-33-30(37)26-16-23(22-9-11-25(12-10-22)39-14-6-13-32-3)17-29-28(26)19-34-36(29)24-7-4-5-8-24/h9-12,15-17,19,24,32H,4-8,13-14,18H2,1-3H3,(H,33,37)(H,35,38). The number of amides is 1. The number of hydrogen-bond donors (Lipinski definition) is 3. The number of carbonyl (C=O) groups is 1. The van der Waals surface area contributed by atoms with Crippen LogP contribution in [0.15, 0.2) is 53.5 Å². The number of ether oxygens (including phenoxy) is 1. The molecule has 0 spiro atoms. The maximum absolute atomic E-state index is 13.6. The van der Waals surface area contributed by atoms with Gasteiger partial charge in [0.1, 0.15) is 5.75 Å². The van der Waals surface area contributed by atoms with Crippen molar-refractivity contribution in [2.45, 2.75) is 58.5 Å². The SMILES string of the molecule is CNCCCOc1ccc(-c2cc(C(=O)NCc3c(C)cc(C)[nH]c3=O)c3cnn(C4CCCC4)c3c2)cc1. The average molecular weight is 528 g/mol. The maximum Gasteiger partial charge on any atom is 0.253 e. The molecule has 0 bridgehead atoms. The van der Waals surface area contributed by atoms with Crippen LogP contribution in [-0.2, 0) is 6.54 Å². The summed E-state index contributed by atoms with van der Waals surface area (Å²) in [6, 6.07) is 14.3. The molecule has 2 aromatic carbocycles. The summed E-state index contributed by atoms with van der Waals surface area (Å²) >= 11 is 0. The van der Waals surface area contributed by atoms with Crippen molar-refractivity contribution < 1.29 is 9.53 Å². The summed E-state index contributed by atoms with van der Waals surface area (Å²) in [5, 5.41) is 11.7. The second-order valence-electron chi connectivity index (χ2n) is 10.4. The first-order valence-corrected chi connectivity index (χ1v) is 13.8. The highest BCUT2D eigenvalue weighted by Crippen LogP contribution is 2.35. The topological polar surface area (TPSA) is 101 Å². The van der Waals surface area contributed by atoms with Crippen LogP contribution in [0.25, 0.3) is 22.0 Å². The zero-order valence-electron chi connectivity index (χ0n) is 23.0. The molecule has 0 unspecified atom stereocenters. The summed E-state index contributed by atoms with van der Waals surface area (Å²) in [6.07, 6.45) is 7.32. The van der Waals surface area contributed by atoms with Crippen molar-refractivity contribution >= 4 is 16.8 Å². The molecule has 39 heavy (non-hydrogen) atoms. The van der Waals surface area contributed by atoms with Gasteiger partial charge in [0, 0.05) is 23.2 Å². The number of nitrogens with one attached hydrogen (secondary N) is 3. The number of carbonyl (C=O) groups excluding carboxylic acids is 1. The largest absolute Gasteiger partial charge is 0.494 e. The number of nitrogens with zero attached hydrogens (tertiary/aromatic N) is 2. The molecular weight excluding hydrogens is 490 g/mol. The second-order valence-corrected chi connectivity index (χ2v) is 10.4. The fourth-order valence-corrected chi connectivity index (χ4v) is 5.49. The molecule has 2 heterocycles. The first kappa shape index (κ1) is 26.7. The number of H-pyrrole nitrogens is 1. The van der Waals surface area contributed by atoms with Crippen molar-refractivity contribution in [2.75, 3.05) is 20.2 Å². The van der Waals surface area contributed by atoms with E-state index < -0.39 is 0 Å². The van der Waals surface area contributed by atoms with Crippen LogP contribution in [0, 0.1) is 13.8 Å². The normalized spacial score (nSPS) is 13.7. The lowest BCUT2D eigenvalue weighted by atomic mass is 9.99. The first-order valence-electron chi connectivity index (χ1n) is 13.8. The van der Waals surface area contributed by atoms with Crippen LogP contribution in [0.4, 0.5) is 0 Å². The minimum atomic E-state index is -0.225. The lowest BCUT2D eigenvalue weighted by Gasteiger charge is -2.14. The molecule has 2 aromatic heterocycles. The molecule has 204 valence electrons. The molecule has 1 saturated carbocycles. The lowest BCUT2D eigenvalue weighted by Crippen LogP contribution is -2.28. The smallest absolute Gasteiger partial charge is 0.253 e. The van der Waals surface area contributed by atoms with Gasteiger partial charge < -0.3 is 20.4 Å². The summed E-state index contributed by atoms with van der Waals surface area (Å²) in [4.78, 5) is 28.9. The van der Waals surface area contributed by atoms with Gasteiger partial charge in [0.2, 0.25) is 0 Å². The van der Waals surface area contributed by atoms with E-state index in [2.05, 4.69) is 26.4 Å². The molecule has 1 aliphatic carbocycles. The van der Waals surface area contributed by atoms with Gasteiger partial charge in [-0.1, -0.05) is 25.0 Å². The van der Waals surface area contributed by atoms with Crippen molar-refractivity contribution in [1.29, 1.82) is 0 Å². The fourth-order valence-electron chi connectivity index (χ4n) is 5.49. The van der Waals surface area contributed by atoms with E-state index >= 15 is 0 Å². The van der Waals surface area contributed by atoms with E-state index in [1.54, 1.807) is 6.20 Å². The summed E-state index contributed by atoms with van der Waals surface area (Å²) in [5.41, 5.74) is 5.51. The Morgan fingerprint density at radius 2 is 1.87 bits per heavy atom. The Labute approximate surface area is 228 Å². The number of fused-ring (bicyclic) bond motifs is 1. The molecule has 1 fully saturated rings. The van der Waals surface area contributed by atoms with Gasteiger partial charge in [-0.05, 0) is 93.7 Å². The van der Waals surface area contributed by atoms with E-state index in [-0.39, 0.29) is 18.0 Å². The summed E-state index contributed by atoms with van der Waals surface area (Å²) in [7, 11) is 1.93. The van der Waals surface area contributed by atoms with Gasteiger partial charge in [0.05, 0.1) is 29.9 Å². The predicted molar refractivity (Wildman–Crippen MR) is 154 cm³/mol. The molecule has 1 aliphatic rings. The quantitative estimate of drug-likeness (QED) is 0.251. The highest BCUT2D eigenvalue weighted by molar-refractivity contribution is 6.08. The number of aromatic amines is 1. The van der Waals surface area contributed by atoms with E-state index in [0.29, 0.717) is 23.8 Å².